The zero-order chi connectivity index (χ0) is 33.9. The second-order valence-corrected chi connectivity index (χ2v) is 16.7. The van der Waals surface area contributed by atoms with Gasteiger partial charge in [0.25, 0.3) is 0 Å². The van der Waals surface area contributed by atoms with Crippen LogP contribution in [0.4, 0.5) is 26.3 Å². The van der Waals surface area contributed by atoms with E-state index in [1.165, 1.54) is 0 Å². The number of rotatable bonds is 6. The lowest BCUT2D eigenvalue weighted by Gasteiger charge is -2.37. The fourth-order valence-corrected chi connectivity index (χ4v) is 10.0. The van der Waals surface area contributed by atoms with E-state index in [0.717, 1.165) is 44.3 Å². The van der Waals surface area contributed by atoms with Crippen molar-refractivity contribution >= 4 is 90.0 Å². The van der Waals surface area contributed by atoms with Crippen molar-refractivity contribution in [2.75, 3.05) is 0 Å². The topological polar surface area (TPSA) is 0 Å². The summed E-state index contributed by atoms with van der Waals surface area (Å²) in [5.41, 5.74) is 1.40. The number of thioether (sulfide) groups is 1. The molecule has 4 aromatic carbocycles. The maximum absolute atomic E-state index is 13.3. The molecule has 0 radical (unpaired) electrons. The van der Waals surface area contributed by atoms with Crippen molar-refractivity contribution in [3.05, 3.63) is 112 Å². The molecule has 0 saturated heterocycles. The van der Waals surface area contributed by atoms with Gasteiger partial charge in [0.2, 0.25) is 0 Å². The van der Waals surface area contributed by atoms with Gasteiger partial charge in [0, 0.05) is 29.6 Å². The first-order valence-electron chi connectivity index (χ1n) is 13.0. The number of alkyl halides is 6. The molecule has 0 aromatic heterocycles. The lowest BCUT2D eigenvalue weighted by molar-refractivity contribution is -0.138. The van der Waals surface area contributed by atoms with Crippen molar-refractivity contribution in [2.24, 2.45) is 0 Å². The Morgan fingerprint density at radius 1 is 0.511 bits per heavy atom. The van der Waals surface area contributed by atoms with Crippen LogP contribution < -0.4 is 0 Å². The third kappa shape index (κ3) is 7.98. The number of benzene rings is 4. The molecule has 45 heavy (non-hydrogen) atoms. The quantitative estimate of drug-likeness (QED) is 0.174. The van der Waals surface area contributed by atoms with E-state index >= 15 is 0 Å². The molecule has 4 rings (SSSR count). The molecule has 0 nitrogen and oxygen atoms in total. The van der Waals surface area contributed by atoms with E-state index in [0.29, 0.717) is 11.1 Å². The molecule has 0 saturated carbocycles. The largest absolute Gasteiger partial charge is 0.416 e. The Balaban J connectivity index is 1.74. The van der Waals surface area contributed by atoms with Gasteiger partial charge >= 0.3 is 12.4 Å². The predicted molar refractivity (Wildman–Crippen MR) is 183 cm³/mol. The van der Waals surface area contributed by atoms with Crippen LogP contribution in [0.25, 0.3) is 22.3 Å². The molecule has 0 aliphatic carbocycles. The summed E-state index contributed by atoms with van der Waals surface area (Å²) in [7, 11) is 0. The highest BCUT2D eigenvalue weighted by molar-refractivity contribution is 9.10. The minimum Gasteiger partial charge on any atom is -0.166 e. The molecule has 0 fully saturated rings. The molecule has 0 unspecified atom stereocenters. The second-order valence-electron chi connectivity index (χ2n) is 11.1. The molecule has 4 aromatic rings. The second kappa shape index (κ2) is 13.1. The van der Waals surface area contributed by atoms with Gasteiger partial charge in [0.15, 0.2) is 0 Å². The van der Waals surface area contributed by atoms with E-state index in [-0.39, 0.29) is 31.2 Å². The molecule has 0 aliphatic heterocycles. The monoisotopic (exact) mass is 850 g/mol. The molecule has 0 heterocycles. The van der Waals surface area contributed by atoms with Crippen LogP contribution >= 0.6 is 90.0 Å². The molecule has 0 bridgehead atoms. The first-order valence-corrected chi connectivity index (χ1v) is 16.9. The average Bonchev–Trinajstić information content (AvgIpc) is 2.87. The van der Waals surface area contributed by atoms with Crippen molar-refractivity contribution < 1.29 is 26.3 Å². The van der Waals surface area contributed by atoms with E-state index in [9.17, 15) is 26.3 Å². The first kappa shape index (κ1) is 36.8. The van der Waals surface area contributed by atoms with Crippen LogP contribution in [-0.2, 0) is 21.8 Å². The van der Waals surface area contributed by atoms with Crippen molar-refractivity contribution in [1.29, 1.82) is 0 Å². The fraction of sp³-hybridized carbons (Fsp3) is 0.250. The lowest BCUT2D eigenvalue weighted by atomic mass is 9.95. The average molecular weight is 854 g/mol. The summed E-state index contributed by atoms with van der Waals surface area (Å²) in [5, 5.41) is -0.518. The molecule has 0 amide bonds. The Labute approximate surface area is 298 Å². The van der Waals surface area contributed by atoms with E-state index in [2.05, 4.69) is 31.9 Å². The van der Waals surface area contributed by atoms with Crippen LogP contribution in [0, 0.1) is 0 Å². The van der Waals surface area contributed by atoms with Gasteiger partial charge in [-0.05, 0) is 98.5 Å². The van der Waals surface area contributed by atoms with Crippen molar-refractivity contribution in [1.82, 2.24) is 0 Å². The summed E-state index contributed by atoms with van der Waals surface area (Å²) >= 11 is 34.1. The van der Waals surface area contributed by atoms with Gasteiger partial charge < -0.3 is 0 Å². The third-order valence-electron chi connectivity index (χ3n) is 7.06. The zero-order valence-corrected chi connectivity index (χ0v) is 30.7. The summed E-state index contributed by atoms with van der Waals surface area (Å²) in [6.45, 7) is 8.00. The van der Waals surface area contributed by atoms with Gasteiger partial charge in [-0.25, -0.2) is 0 Å². The highest BCUT2D eigenvalue weighted by atomic mass is 79.9. The number of halogens is 12. The van der Waals surface area contributed by atoms with Crippen molar-refractivity contribution in [3.8, 4) is 22.3 Å². The maximum Gasteiger partial charge on any atom is 0.416 e. The third-order valence-corrected chi connectivity index (χ3v) is 11.1. The van der Waals surface area contributed by atoms with E-state index < -0.39 is 33.0 Å². The van der Waals surface area contributed by atoms with Gasteiger partial charge in [-0.1, -0.05) is 90.4 Å². The molecule has 0 atom stereocenters. The highest BCUT2D eigenvalue weighted by Gasteiger charge is 2.37. The SMILES string of the molecule is CC(C)(SC(C)(C)c1cc(-c2c(Cl)cc(C(F)(F)F)cc2Cl)ccc1Br)c1cc(-c2c(Cl)cc(C(F)(F)F)cc2Cl)ccc1Br. The van der Waals surface area contributed by atoms with E-state index in [4.69, 9.17) is 46.4 Å². The van der Waals surface area contributed by atoms with Crippen molar-refractivity contribution in [2.45, 2.75) is 49.5 Å². The fourth-order valence-electron chi connectivity index (χ4n) is 5.06. The Hall–Kier alpha value is -1.07. The lowest BCUT2D eigenvalue weighted by Crippen LogP contribution is -2.24. The van der Waals surface area contributed by atoms with Crippen molar-refractivity contribution in [3.63, 3.8) is 0 Å². The minimum absolute atomic E-state index is 0.129. The van der Waals surface area contributed by atoms with Crippen LogP contribution in [0.5, 0.6) is 0 Å². The zero-order valence-electron chi connectivity index (χ0n) is 23.7. The predicted octanol–water partition coefficient (Wildman–Crippen LogP) is 15.1. The minimum atomic E-state index is -4.60. The van der Waals surface area contributed by atoms with E-state index in [1.54, 1.807) is 36.0 Å². The van der Waals surface area contributed by atoms with Crippen LogP contribution in [0.3, 0.4) is 0 Å². The van der Waals surface area contributed by atoms with Crippen LogP contribution in [0.15, 0.2) is 69.6 Å². The smallest absolute Gasteiger partial charge is 0.166 e. The van der Waals surface area contributed by atoms with Gasteiger partial charge in [-0.15, -0.1) is 11.8 Å². The summed E-state index contributed by atoms with van der Waals surface area (Å²) in [6.07, 6.45) is -9.20. The molecule has 13 heteroatoms. The standard InChI is InChI=1S/C32H22Br2Cl4F6S/c1-29(2,19-9-15(5-7-21(19)33)27-23(35)11-17(12-24(27)36)31(39,40)41)45-30(3,4)20-10-16(6-8-22(20)34)28-25(37)13-18(14-26(28)38)32(42,43)44/h5-14H,1-4H3. The molecule has 240 valence electrons. The molecular formula is C32H22Br2Cl4F6S. The number of hydrogen-bond donors (Lipinski definition) is 0. The Bertz CT molecular complexity index is 1610. The Morgan fingerprint density at radius 2 is 0.800 bits per heavy atom. The summed E-state index contributed by atoms with van der Waals surface area (Å²) in [6, 6.07) is 14.1. The van der Waals surface area contributed by atoms with Gasteiger partial charge in [-0.3, -0.25) is 0 Å². The molecule has 0 spiro atoms. The molecule has 0 N–H and O–H groups in total. The Morgan fingerprint density at radius 3 is 1.07 bits per heavy atom. The normalized spacial score (nSPS) is 13.0. The summed E-state index contributed by atoms with van der Waals surface area (Å²) < 4.78 is 80.2. The van der Waals surface area contributed by atoms with Gasteiger partial charge in [0.05, 0.1) is 31.2 Å². The molecular weight excluding hydrogens is 832 g/mol. The number of hydrogen-bond acceptors (Lipinski definition) is 1. The summed E-state index contributed by atoms with van der Waals surface area (Å²) in [4.78, 5) is 0. The summed E-state index contributed by atoms with van der Waals surface area (Å²) in [5.74, 6) is 0. The highest BCUT2D eigenvalue weighted by Crippen LogP contribution is 2.53. The first-order chi connectivity index (χ1) is 20.5. The van der Waals surface area contributed by atoms with Crippen LogP contribution in [0.2, 0.25) is 20.1 Å². The Kier molecular flexibility index (Phi) is 10.7. The van der Waals surface area contributed by atoms with E-state index in [1.807, 2.05) is 39.8 Å². The van der Waals surface area contributed by atoms with Gasteiger partial charge in [0.1, 0.15) is 0 Å². The van der Waals surface area contributed by atoms with Gasteiger partial charge in [-0.2, -0.15) is 26.3 Å². The van der Waals surface area contributed by atoms with Crippen LogP contribution in [0.1, 0.15) is 49.9 Å². The molecule has 0 aliphatic rings. The maximum atomic E-state index is 13.3. The van der Waals surface area contributed by atoms with Crippen LogP contribution in [-0.4, -0.2) is 0 Å².